The fraction of sp³-hybridized carbons (Fsp3) is 0.300. The summed E-state index contributed by atoms with van der Waals surface area (Å²) in [5.41, 5.74) is 4.51. The highest BCUT2D eigenvalue weighted by Gasteiger charge is 2.30. The molecule has 10 heteroatoms. The molecule has 4 aliphatic rings. The van der Waals surface area contributed by atoms with E-state index in [2.05, 4.69) is 15.6 Å². The summed E-state index contributed by atoms with van der Waals surface area (Å²) in [6.45, 7) is 1.80. The Hall–Kier alpha value is -4.18. The average molecular weight is 547 g/mol. The van der Waals surface area contributed by atoms with Crippen LogP contribution in [0.2, 0.25) is 0 Å². The van der Waals surface area contributed by atoms with Crippen LogP contribution >= 0.6 is 0 Å². The third-order valence-electron chi connectivity index (χ3n) is 7.25. The monoisotopic (exact) mass is 546 g/mol. The normalized spacial score (nSPS) is 17.1. The molecule has 40 heavy (non-hydrogen) atoms. The van der Waals surface area contributed by atoms with Crippen LogP contribution < -0.4 is 16.0 Å². The van der Waals surface area contributed by atoms with Crippen molar-refractivity contribution in [3.05, 3.63) is 83.2 Å². The SMILES string of the molecule is COC1=C(Nc2cc3nc4ccccc4n(-c4ccc(C(F)(F)F)cc4)c-3c/c2=N\C2CCNCC2)CCC=N1. The molecule has 2 aromatic carbocycles. The number of aromatic nitrogens is 2. The maximum Gasteiger partial charge on any atom is 0.416 e. The summed E-state index contributed by atoms with van der Waals surface area (Å²) in [6, 6.07) is 16.9. The van der Waals surface area contributed by atoms with E-state index in [-0.39, 0.29) is 6.04 Å². The van der Waals surface area contributed by atoms with Crippen molar-refractivity contribution < 1.29 is 17.9 Å². The largest absolute Gasteiger partial charge is 0.480 e. The van der Waals surface area contributed by atoms with Crippen molar-refractivity contribution in [1.82, 2.24) is 14.9 Å². The molecule has 0 unspecified atom stereocenters. The van der Waals surface area contributed by atoms with Crippen LogP contribution in [0, 0.1) is 0 Å². The highest BCUT2D eigenvalue weighted by Crippen LogP contribution is 2.33. The van der Waals surface area contributed by atoms with Gasteiger partial charge in [0.2, 0.25) is 5.88 Å². The van der Waals surface area contributed by atoms with Gasteiger partial charge in [0.05, 0.1) is 57.9 Å². The highest BCUT2D eigenvalue weighted by molar-refractivity contribution is 5.84. The van der Waals surface area contributed by atoms with Crippen LogP contribution in [0.5, 0.6) is 0 Å². The number of halogens is 3. The van der Waals surface area contributed by atoms with E-state index in [1.54, 1.807) is 7.11 Å². The maximum atomic E-state index is 13.3. The summed E-state index contributed by atoms with van der Waals surface area (Å²) < 4.78 is 47.4. The second kappa shape index (κ2) is 10.8. The van der Waals surface area contributed by atoms with Gasteiger partial charge >= 0.3 is 6.18 Å². The topological polar surface area (TPSA) is 75.8 Å². The standard InChI is InChI=1S/C30H29F3N6O/c1-40-29-23(6-4-14-35-29)38-24-17-26-28(18-25(24)36-20-12-15-34-16-13-20)39(27-7-3-2-5-22(27)37-26)21-10-8-19(9-11-21)30(31,32)33/h2-3,5,7-11,14,17-18,20,34,38H,4,6,12-13,15-16H2,1H3/b36-25+. The van der Waals surface area contributed by atoms with Crippen LogP contribution in [0.4, 0.5) is 18.9 Å². The summed E-state index contributed by atoms with van der Waals surface area (Å²) >= 11 is 0. The Balaban J connectivity index is 1.59. The first kappa shape index (κ1) is 26.1. The molecule has 206 valence electrons. The highest BCUT2D eigenvalue weighted by atomic mass is 19.4. The number of rotatable bonds is 5. The molecule has 1 aliphatic carbocycles. The molecule has 3 aliphatic heterocycles. The van der Waals surface area contributed by atoms with E-state index < -0.39 is 11.7 Å². The number of aliphatic imine (C=N–C) groups is 1. The summed E-state index contributed by atoms with van der Waals surface area (Å²) in [7, 11) is 1.60. The van der Waals surface area contributed by atoms with Gasteiger partial charge in [0.15, 0.2) is 0 Å². The number of hydrogen-bond donors (Lipinski definition) is 2. The molecule has 6 rings (SSSR count). The molecule has 1 saturated heterocycles. The number of methoxy groups -OCH3 is 1. The zero-order valence-corrected chi connectivity index (χ0v) is 22.0. The third kappa shape index (κ3) is 5.19. The van der Waals surface area contributed by atoms with E-state index in [0.29, 0.717) is 17.3 Å². The van der Waals surface area contributed by atoms with E-state index in [1.165, 1.54) is 12.1 Å². The predicted molar refractivity (Wildman–Crippen MR) is 150 cm³/mol. The molecule has 3 heterocycles. The quantitative estimate of drug-likeness (QED) is 0.306. The van der Waals surface area contributed by atoms with Gasteiger partial charge in [-0.15, -0.1) is 0 Å². The Labute approximate surface area is 229 Å². The lowest BCUT2D eigenvalue weighted by molar-refractivity contribution is -0.137. The van der Waals surface area contributed by atoms with Gasteiger partial charge in [-0.2, -0.15) is 13.2 Å². The minimum atomic E-state index is -4.41. The molecule has 0 aromatic heterocycles. The first-order chi connectivity index (χ1) is 19.4. The van der Waals surface area contributed by atoms with Crippen LogP contribution in [0.3, 0.4) is 0 Å². The van der Waals surface area contributed by atoms with Crippen molar-refractivity contribution in [3.8, 4) is 17.1 Å². The minimum absolute atomic E-state index is 0.146. The second-order valence-corrected chi connectivity index (χ2v) is 9.91. The molecule has 0 atom stereocenters. The Kier molecular flexibility index (Phi) is 7.02. The molecule has 0 amide bonds. The fourth-order valence-electron chi connectivity index (χ4n) is 5.25. The Morgan fingerprint density at radius 1 is 1.05 bits per heavy atom. The van der Waals surface area contributed by atoms with Crippen molar-refractivity contribution in [3.63, 3.8) is 0 Å². The maximum absolute atomic E-state index is 13.3. The molecular weight excluding hydrogens is 517 g/mol. The van der Waals surface area contributed by atoms with Crippen LogP contribution in [-0.2, 0) is 10.9 Å². The summed E-state index contributed by atoms with van der Waals surface area (Å²) in [4.78, 5) is 14.5. The van der Waals surface area contributed by atoms with Gasteiger partial charge in [0.25, 0.3) is 0 Å². The van der Waals surface area contributed by atoms with Crippen molar-refractivity contribution in [2.75, 3.05) is 25.5 Å². The average Bonchev–Trinajstić information content (AvgIpc) is 2.97. The van der Waals surface area contributed by atoms with E-state index >= 15 is 0 Å². The smallest absolute Gasteiger partial charge is 0.416 e. The minimum Gasteiger partial charge on any atom is -0.480 e. The van der Waals surface area contributed by atoms with E-state index in [4.69, 9.17) is 14.7 Å². The number of hydrogen-bond acceptors (Lipinski definition) is 6. The zero-order chi connectivity index (χ0) is 27.7. The Morgan fingerprint density at radius 3 is 2.58 bits per heavy atom. The molecule has 0 bridgehead atoms. The van der Waals surface area contributed by atoms with Gasteiger partial charge < -0.3 is 19.9 Å². The molecule has 0 saturated carbocycles. The van der Waals surface area contributed by atoms with E-state index in [1.807, 2.05) is 47.2 Å². The number of benzene rings is 3. The number of fused-ring (bicyclic) bond motifs is 2. The Bertz CT molecular complexity index is 1630. The lowest BCUT2D eigenvalue weighted by atomic mass is 10.1. The summed E-state index contributed by atoms with van der Waals surface area (Å²) in [6.07, 6.45) is 0.803. The molecule has 0 radical (unpaired) electrons. The fourth-order valence-corrected chi connectivity index (χ4v) is 5.25. The molecule has 2 N–H and O–H groups in total. The van der Waals surface area contributed by atoms with Gasteiger partial charge in [-0.3, -0.25) is 4.99 Å². The summed E-state index contributed by atoms with van der Waals surface area (Å²) in [5.74, 6) is 0.533. The van der Waals surface area contributed by atoms with Crippen molar-refractivity contribution >= 4 is 22.9 Å². The lowest BCUT2D eigenvalue weighted by Crippen LogP contribution is -2.31. The molecule has 2 aromatic rings. The number of nitrogens with one attached hydrogen (secondary N) is 2. The molecule has 1 fully saturated rings. The van der Waals surface area contributed by atoms with Crippen molar-refractivity contribution in [1.29, 1.82) is 0 Å². The molecular formula is C30H29F3N6O. The first-order valence-electron chi connectivity index (χ1n) is 13.3. The van der Waals surface area contributed by atoms with Gasteiger partial charge in [0.1, 0.15) is 0 Å². The number of allylic oxidation sites excluding steroid dienone is 1. The van der Waals surface area contributed by atoms with Crippen LogP contribution in [0.1, 0.15) is 31.2 Å². The van der Waals surface area contributed by atoms with Crippen molar-refractivity contribution in [2.24, 2.45) is 9.98 Å². The molecule has 7 nitrogen and oxygen atoms in total. The third-order valence-corrected chi connectivity index (χ3v) is 7.25. The number of piperidine rings is 1. The van der Waals surface area contributed by atoms with Gasteiger partial charge in [0, 0.05) is 11.9 Å². The van der Waals surface area contributed by atoms with Crippen LogP contribution in [-0.4, -0.2) is 42.0 Å². The van der Waals surface area contributed by atoms with Crippen molar-refractivity contribution in [2.45, 2.75) is 37.9 Å². The second-order valence-electron chi connectivity index (χ2n) is 9.91. The summed E-state index contributed by atoms with van der Waals surface area (Å²) in [5, 5.41) is 7.66. The van der Waals surface area contributed by atoms with E-state index in [9.17, 15) is 13.2 Å². The molecule has 0 spiro atoms. The van der Waals surface area contributed by atoms with E-state index in [0.717, 1.165) is 84.4 Å². The number of alkyl halides is 3. The van der Waals surface area contributed by atoms with Gasteiger partial charge in [-0.25, -0.2) is 9.98 Å². The predicted octanol–water partition coefficient (Wildman–Crippen LogP) is 5.89. The first-order valence-corrected chi connectivity index (χ1v) is 13.3. The van der Waals surface area contributed by atoms with Gasteiger partial charge in [-0.05, 0) is 87.3 Å². The number of ether oxygens (including phenoxy) is 1. The van der Waals surface area contributed by atoms with Crippen LogP contribution in [0.25, 0.3) is 28.1 Å². The number of nitrogens with zero attached hydrogens (tertiary/aromatic N) is 4. The van der Waals surface area contributed by atoms with Gasteiger partial charge in [-0.1, -0.05) is 12.1 Å². The number of para-hydroxylation sites is 2. The van der Waals surface area contributed by atoms with Crippen LogP contribution in [0.15, 0.2) is 82.2 Å². The lowest BCUT2D eigenvalue weighted by Gasteiger charge is -2.23. The Morgan fingerprint density at radius 2 is 1.82 bits per heavy atom. The zero-order valence-electron chi connectivity index (χ0n) is 22.0. The number of anilines is 1.